The molecule has 9 heteroatoms. The van der Waals surface area contributed by atoms with E-state index in [-0.39, 0.29) is 12.5 Å². The number of nitrogens with one attached hydrogen (secondary N) is 3. The number of carbonyl (C=O) groups is 4. The van der Waals surface area contributed by atoms with E-state index in [0.717, 1.165) is 0 Å². The molecule has 23 heavy (non-hydrogen) atoms. The average molecular weight is 328 g/mol. The van der Waals surface area contributed by atoms with Crippen LogP contribution in [0.15, 0.2) is 0 Å². The molecule has 1 aliphatic heterocycles. The number of amides is 5. The third kappa shape index (κ3) is 4.92. The number of rotatable bonds is 8. The normalized spacial score (nSPS) is 17.0. The zero-order valence-electron chi connectivity index (χ0n) is 13.6. The molecular formula is C14H24N4O5. The lowest BCUT2D eigenvalue weighted by Gasteiger charge is -2.27. The average Bonchev–Trinajstić information content (AvgIpc) is 2.81. The van der Waals surface area contributed by atoms with Crippen LogP contribution in [-0.2, 0) is 14.4 Å². The number of urea groups is 1. The molecular weight excluding hydrogens is 304 g/mol. The van der Waals surface area contributed by atoms with Gasteiger partial charge in [-0.3, -0.25) is 25.0 Å². The number of imide groups is 1. The lowest BCUT2D eigenvalue weighted by Crippen LogP contribution is -2.51. The van der Waals surface area contributed by atoms with E-state index in [1.165, 1.54) is 0 Å². The predicted octanol–water partition coefficient (Wildman–Crippen LogP) is 0.153. The maximum absolute atomic E-state index is 12.5. The minimum Gasteiger partial charge on any atom is -0.327 e. The Morgan fingerprint density at radius 3 is 2.35 bits per heavy atom. The summed E-state index contributed by atoms with van der Waals surface area (Å²) in [6.45, 7) is 5.48. The molecule has 9 nitrogen and oxygen atoms in total. The summed E-state index contributed by atoms with van der Waals surface area (Å²) < 4.78 is 0. The number of hydrazine groups is 1. The number of hydroxylamine groups is 1. The highest BCUT2D eigenvalue weighted by molar-refractivity contribution is 6.03. The van der Waals surface area contributed by atoms with Crippen LogP contribution < -0.4 is 16.2 Å². The molecule has 1 aliphatic rings. The Balaban J connectivity index is 2.94. The molecule has 1 fully saturated rings. The van der Waals surface area contributed by atoms with Gasteiger partial charge in [-0.1, -0.05) is 27.2 Å². The molecule has 0 unspecified atom stereocenters. The molecule has 5 amide bonds. The smallest absolute Gasteiger partial charge is 0.327 e. The number of carbonyl (C=O) groups excluding carboxylic acids is 4. The van der Waals surface area contributed by atoms with Gasteiger partial charge in [0.05, 0.1) is 11.8 Å². The van der Waals surface area contributed by atoms with Crippen LogP contribution in [-0.4, -0.2) is 40.5 Å². The molecule has 0 radical (unpaired) electrons. The van der Waals surface area contributed by atoms with Crippen LogP contribution in [0.2, 0.25) is 0 Å². The molecule has 0 aromatic heterocycles. The molecule has 130 valence electrons. The minimum absolute atomic E-state index is 0.111. The summed E-state index contributed by atoms with van der Waals surface area (Å²) in [7, 11) is 0. The molecule has 0 aliphatic carbocycles. The molecule has 1 saturated heterocycles. The van der Waals surface area contributed by atoms with Crippen LogP contribution in [0.5, 0.6) is 0 Å². The Bertz CT molecular complexity index is 464. The van der Waals surface area contributed by atoms with E-state index in [9.17, 15) is 19.2 Å². The Labute approximate surface area is 134 Å². The van der Waals surface area contributed by atoms with Crippen LogP contribution in [0.1, 0.15) is 40.0 Å². The van der Waals surface area contributed by atoms with Crippen molar-refractivity contribution in [3.05, 3.63) is 0 Å². The summed E-state index contributed by atoms with van der Waals surface area (Å²) >= 11 is 0. The van der Waals surface area contributed by atoms with E-state index in [2.05, 4.69) is 10.7 Å². The molecule has 0 saturated carbocycles. The highest BCUT2D eigenvalue weighted by atomic mass is 16.5. The van der Waals surface area contributed by atoms with Gasteiger partial charge in [-0.05, 0) is 18.8 Å². The van der Waals surface area contributed by atoms with Crippen LogP contribution in [0.4, 0.5) is 4.79 Å². The van der Waals surface area contributed by atoms with Gasteiger partial charge in [0.1, 0.15) is 6.54 Å². The Morgan fingerprint density at radius 2 is 1.91 bits per heavy atom. The van der Waals surface area contributed by atoms with Crippen molar-refractivity contribution in [1.82, 2.24) is 21.2 Å². The summed E-state index contributed by atoms with van der Waals surface area (Å²) in [6.07, 6.45) is 1.42. The Hall–Kier alpha value is -2.16. The largest absolute Gasteiger partial charge is 0.343 e. The van der Waals surface area contributed by atoms with Gasteiger partial charge in [-0.2, -0.15) is 5.01 Å². The van der Waals surface area contributed by atoms with E-state index in [1.54, 1.807) is 5.48 Å². The first-order valence-corrected chi connectivity index (χ1v) is 7.67. The molecule has 4 N–H and O–H groups in total. The van der Waals surface area contributed by atoms with Crippen LogP contribution >= 0.6 is 0 Å². The minimum atomic E-state index is -0.761. The fourth-order valence-corrected chi connectivity index (χ4v) is 2.60. The van der Waals surface area contributed by atoms with E-state index in [0.29, 0.717) is 24.3 Å². The maximum Gasteiger partial charge on any atom is 0.343 e. The number of nitrogens with zero attached hydrogens (tertiary/aromatic N) is 1. The topological polar surface area (TPSA) is 128 Å². The number of hydrogen-bond donors (Lipinski definition) is 4. The first-order chi connectivity index (χ1) is 10.8. The van der Waals surface area contributed by atoms with E-state index < -0.39 is 35.6 Å². The van der Waals surface area contributed by atoms with Gasteiger partial charge in [-0.25, -0.2) is 10.3 Å². The van der Waals surface area contributed by atoms with Gasteiger partial charge in [0.2, 0.25) is 11.8 Å². The molecule has 2 atom stereocenters. The van der Waals surface area contributed by atoms with Crippen molar-refractivity contribution < 1.29 is 24.4 Å². The first kappa shape index (κ1) is 18.9. The van der Waals surface area contributed by atoms with Crippen molar-refractivity contribution in [3.8, 4) is 0 Å². The van der Waals surface area contributed by atoms with Crippen molar-refractivity contribution in [3.63, 3.8) is 0 Å². The fraction of sp³-hybridized carbons (Fsp3) is 0.714. The fourth-order valence-electron chi connectivity index (χ4n) is 2.60. The van der Waals surface area contributed by atoms with Gasteiger partial charge in [0, 0.05) is 0 Å². The van der Waals surface area contributed by atoms with E-state index >= 15 is 0 Å². The SMILES string of the molecule is CCC[C@@H](C(=O)NO)[C@@H](CC(C)C)C(=O)NN1C(=O)CNC1=O. The molecule has 1 rings (SSSR count). The van der Waals surface area contributed by atoms with E-state index in [1.807, 2.05) is 20.8 Å². The lowest BCUT2D eigenvalue weighted by atomic mass is 9.81. The van der Waals surface area contributed by atoms with Crippen LogP contribution in [0.3, 0.4) is 0 Å². The van der Waals surface area contributed by atoms with Gasteiger partial charge >= 0.3 is 6.03 Å². The summed E-state index contributed by atoms with van der Waals surface area (Å²) in [5.74, 6) is -3.20. The first-order valence-electron chi connectivity index (χ1n) is 7.67. The molecule has 0 aromatic carbocycles. The summed E-state index contributed by atoms with van der Waals surface area (Å²) in [5, 5.41) is 11.8. The quantitative estimate of drug-likeness (QED) is 0.286. The third-order valence-corrected chi connectivity index (χ3v) is 3.66. The van der Waals surface area contributed by atoms with Crippen molar-refractivity contribution in [2.75, 3.05) is 6.54 Å². The van der Waals surface area contributed by atoms with Gasteiger partial charge in [0.15, 0.2) is 0 Å². The second kappa shape index (κ2) is 8.47. The van der Waals surface area contributed by atoms with Crippen molar-refractivity contribution >= 4 is 23.8 Å². The van der Waals surface area contributed by atoms with Crippen LogP contribution in [0, 0.1) is 17.8 Å². The highest BCUT2D eigenvalue weighted by Gasteiger charge is 2.37. The zero-order valence-corrected chi connectivity index (χ0v) is 13.6. The van der Waals surface area contributed by atoms with E-state index in [4.69, 9.17) is 5.21 Å². The molecule has 0 spiro atoms. The summed E-state index contributed by atoms with van der Waals surface area (Å²) in [6, 6.07) is -0.703. The van der Waals surface area contributed by atoms with Crippen LogP contribution in [0.25, 0.3) is 0 Å². The number of hydrogen-bond acceptors (Lipinski definition) is 5. The second-order valence-corrected chi connectivity index (χ2v) is 5.97. The summed E-state index contributed by atoms with van der Waals surface area (Å²) in [4.78, 5) is 47.5. The van der Waals surface area contributed by atoms with Crippen molar-refractivity contribution in [2.45, 2.75) is 40.0 Å². The van der Waals surface area contributed by atoms with Gasteiger partial charge < -0.3 is 5.32 Å². The van der Waals surface area contributed by atoms with Crippen molar-refractivity contribution in [2.24, 2.45) is 17.8 Å². The molecule has 1 heterocycles. The second-order valence-electron chi connectivity index (χ2n) is 5.97. The third-order valence-electron chi connectivity index (χ3n) is 3.66. The standard InChI is InChI=1S/C14H24N4O5/c1-4-5-9(13(21)17-23)10(6-8(2)3)12(20)16-18-11(19)7-15-14(18)22/h8-10,23H,4-7H2,1-3H3,(H,15,22)(H,16,20)(H,17,21)/t9-,10-/m1/s1. The lowest BCUT2D eigenvalue weighted by molar-refractivity contribution is -0.144. The maximum atomic E-state index is 12.5. The zero-order chi connectivity index (χ0) is 17.6. The molecule has 0 aromatic rings. The van der Waals surface area contributed by atoms with Gasteiger partial charge in [-0.15, -0.1) is 0 Å². The summed E-state index contributed by atoms with van der Waals surface area (Å²) in [5.41, 5.74) is 3.86. The Kier molecular flexibility index (Phi) is 6.95. The Morgan fingerprint density at radius 1 is 1.26 bits per heavy atom. The van der Waals surface area contributed by atoms with Gasteiger partial charge in [0.25, 0.3) is 5.91 Å². The monoisotopic (exact) mass is 328 g/mol. The van der Waals surface area contributed by atoms with Crippen molar-refractivity contribution in [1.29, 1.82) is 0 Å². The molecule has 0 bridgehead atoms. The predicted molar refractivity (Wildman–Crippen MR) is 79.7 cm³/mol. The highest BCUT2D eigenvalue weighted by Crippen LogP contribution is 2.25.